The third kappa shape index (κ3) is 2.67. The van der Waals surface area contributed by atoms with Gasteiger partial charge in [-0.1, -0.05) is 0 Å². The summed E-state index contributed by atoms with van der Waals surface area (Å²) in [5, 5.41) is 17.0. The molecule has 0 spiro atoms. The summed E-state index contributed by atoms with van der Waals surface area (Å²) in [6.07, 6.45) is 1.56. The third-order valence-corrected chi connectivity index (χ3v) is 4.39. The van der Waals surface area contributed by atoms with Crippen molar-refractivity contribution in [2.24, 2.45) is 0 Å². The Morgan fingerprint density at radius 2 is 2.00 bits per heavy atom. The van der Waals surface area contributed by atoms with Crippen LogP contribution in [-0.4, -0.2) is 0 Å². The SMILES string of the molecule is N#CC(C#N)=Cc1cc(Br)c(Br)s1. The fourth-order valence-electron chi connectivity index (χ4n) is 0.666. The van der Waals surface area contributed by atoms with Crippen LogP contribution in [-0.2, 0) is 0 Å². The summed E-state index contributed by atoms with van der Waals surface area (Å²) in [5.41, 5.74) is 0.112. The topological polar surface area (TPSA) is 47.6 Å². The van der Waals surface area contributed by atoms with Gasteiger partial charge < -0.3 is 0 Å². The van der Waals surface area contributed by atoms with Crippen molar-refractivity contribution in [2.75, 3.05) is 0 Å². The lowest BCUT2D eigenvalue weighted by Gasteiger charge is -1.80. The molecular weight excluding hydrogens is 316 g/mol. The maximum absolute atomic E-state index is 8.50. The molecule has 13 heavy (non-hydrogen) atoms. The van der Waals surface area contributed by atoms with Crippen LogP contribution in [0.3, 0.4) is 0 Å². The van der Waals surface area contributed by atoms with Crippen LogP contribution in [0.1, 0.15) is 4.88 Å². The molecule has 0 aliphatic carbocycles. The Kier molecular flexibility index (Phi) is 3.68. The molecule has 1 aromatic heterocycles. The first kappa shape index (κ1) is 10.5. The van der Waals surface area contributed by atoms with Gasteiger partial charge in [0, 0.05) is 9.35 Å². The highest BCUT2D eigenvalue weighted by Gasteiger charge is 2.02. The summed E-state index contributed by atoms with van der Waals surface area (Å²) in [7, 11) is 0. The number of nitriles is 2. The number of hydrogen-bond acceptors (Lipinski definition) is 3. The highest BCUT2D eigenvalue weighted by Crippen LogP contribution is 2.33. The van der Waals surface area contributed by atoms with Crippen LogP contribution >= 0.6 is 43.2 Å². The van der Waals surface area contributed by atoms with Crippen LogP contribution in [0.25, 0.3) is 6.08 Å². The van der Waals surface area contributed by atoms with Gasteiger partial charge in [0.2, 0.25) is 0 Å². The van der Waals surface area contributed by atoms with Gasteiger partial charge in [-0.25, -0.2) is 0 Å². The number of halogens is 2. The molecule has 1 aromatic rings. The molecule has 64 valence electrons. The molecule has 0 saturated heterocycles. The Bertz CT molecular complexity index is 398. The second-order valence-corrected chi connectivity index (χ2v) is 5.31. The van der Waals surface area contributed by atoms with E-state index in [1.54, 1.807) is 18.2 Å². The minimum Gasteiger partial charge on any atom is -0.192 e. The van der Waals surface area contributed by atoms with Gasteiger partial charge in [-0.3, -0.25) is 0 Å². The summed E-state index contributed by atoms with van der Waals surface area (Å²) in [6.45, 7) is 0. The zero-order valence-corrected chi connectivity index (χ0v) is 10.2. The molecule has 2 nitrogen and oxygen atoms in total. The van der Waals surface area contributed by atoms with E-state index in [4.69, 9.17) is 10.5 Å². The summed E-state index contributed by atoms with van der Waals surface area (Å²) < 4.78 is 1.88. The first-order chi connectivity index (χ1) is 6.17. The molecule has 0 aliphatic rings. The molecule has 0 aliphatic heterocycles. The number of hydrogen-bond donors (Lipinski definition) is 0. The number of thiophene rings is 1. The van der Waals surface area contributed by atoms with Crippen molar-refractivity contribution < 1.29 is 0 Å². The van der Waals surface area contributed by atoms with Crippen LogP contribution in [0.15, 0.2) is 19.9 Å². The smallest absolute Gasteiger partial charge is 0.131 e. The fourth-order valence-corrected chi connectivity index (χ4v) is 2.70. The molecule has 0 amide bonds. The Morgan fingerprint density at radius 3 is 2.38 bits per heavy atom. The van der Waals surface area contributed by atoms with E-state index in [9.17, 15) is 0 Å². The van der Waals surface area contributed by atoms with Crippen molar-refractivity contribution in [2.45, 2.75) is 0 Å². The predicted octanol–water partition coefficient (Wildman–Crippen LogP) is 3.70. The van der Waals surface area contributed by atoms with Gasteiger partial charge >= 0.3 is 0 Å². The highest BCUT2D eigenvalue weighted by molar-refractivity contribution is 9.13. The number of nitrogens with zero attached hydrogens (tertiary/aromatic N) is 2. The van der Waals surface area contributed by atoms with Gasteiger partial charge in [-0.05, 0) is 44.0 Å². The van der Waals surface area contributed by atoms with Gasteiger partial charge in [0.1, 0.15) is 17.7 Å². The summed E-state index contributed by atoms with van der Waals surface area (Å²) in [6, 6.07) is 5.46. The van der Waals surface area contributed by atoms with Crippen LogP contribution in [0.4, 0.5) is 0 Å². The first-order valence-corrected chi connectivity index (χ1v) is 5.54. The molecular formula is C8H2Br2N2S. The molecule has 0 radical (unpaired) electrons. The van der Waals surface area contributed by atoms with E-state index >= 15 is 0 Å². The standard InChI is InChI=1S/C8H2Br2N2S/c9-7-2-6(13-8(7)10)1-5(3-11)4-12/h1-2H. The van der Waals surface area contributed by atoms with E-state index in [-0.39, 0.29) is 5.57 Å². The van der Waals surface area contributed by atoms with Crippen LogP contribution in [0, 0.1) is 22.7 Å². The second kappa shape index (κ2) is 4.57. The van der Waals surface area contributed by atoms with Crippen molar-refractivity contribution in [3.05, 3.63) is 24.8 Å². The maximum Gasteiger partial charge on any atom is 0.131 e. The lowest BCUT2D eigenvalue weighted by Crippen LogP contribution is -1.68. The minimum atomic E-state index is 0.112. The van der Waals surface area contributed by atoms with Crippen LogP contribution in [0.2, 0.25) is 0 Å². The molecule has 0 atom stereocenters. The van der Waals surface area contributed by atoms with E-state index in [0.29, 0.717) is 0 Å². The monoisotopic (exact) mass is 316 g/mol. The zero-order valence-electron chi connectivity index (χ0n) is 6.21. The number of allylic oxidation sites excluding steroid dienone is 1. The van der Waals surface area contributed by atoms with Gasteiger partial charge in [-0.15, -0.1) is 11.3 Å². The summed E-state index contributed by atoms with van der Waals surface area (Å²) in [4.78, 5) is 0.872. The molecule has 1 rings (SSSR count). The number of rotatable bonds is 1. The molecule has 1 heterocycles. The highest BCUT2D eigenvalue weighted by atomic mass is 79.9. The Hall–Kier alpha value is -0.620. The van der Waals surface area contributed by atoms with Crippen molar-refractivity contribution in [3.8, 4) is 12.1 Å². The van der Waals surface area contributed by atoms with Gasteiger partial charge in [-0.2, -0.15) is 10.5 Å². The fraction of sp³-hybridized carbons (Fsp3) is 0. The van der Waals surface area contributed by atoms with Crippen molar-refractivity contribution in [3.63, 3.8) is 0 Å². The quantitative estimate of drug-likeness (QED) is 0.741. The van der Waals surface area contributed by atoms with Crippen LogP contribution < -0.4 is 0 Å². The largest absolute Gasteiger partial charge is 0.192 e. The average Bonchev–Trinajstić information content (AvgIpc) is 2.42. The first-order valence-electron chi connectivity index (χ1n) is 3.14. The molecule has 0 N–H and O–H groups in total. The molecule has 0 aromatic carbocycles. The molecule has 0 fully saturated rings. The third-order valence-electron chi connectivity index (χ3n) is 1.19. The predicted molar refractivity (Wildman–Crippen MR) is 58.9 cm³/mol. The lowest BCUT2D eigenvalue weighted by atomic mass is 10.3. The van der Waals surface area contributed by atoms with Crippen molar-refractivity contribution >= 4 is 49.3 Å². The molecule has 5 heteroatoms. The molecule has 0 unspecified atom stereocenters. The Labute approximate surface area is 96.4 Å². The van der Waals surface area contributed by atoms with Gasteiger partial charge in [0.05, 0.1) is 3.79 Å². The normalized spacial score (nSPS) is 8.62. The van der Waals surface area contributed by atoms with E-state index in [0.717, 1.165) is 13.1 Å². The maximum atomic E-state index is 8.50. The van der Waals surface area contributed by atoms with Crippen molar-refractivity contribution in [1.29, 1.82) is 10.5 Å². The van der Waals surface area contributed by atoms with E-state index < -0.39 is 0 Å². The van der Waals surface area contributed by atoms with E-state index in [1.165, 1.54) is 11.3 Å². The second-order valence-electron chi connectivity index (χ2n) is 2.05. The molecule has 0 saturated carbocycles. The van der Waals surface area contributed by atoms with E-state index in [2.05, 4.69) is 31.9 Å². The lowest BCUT2D eigenvalue weighted by molar-refractivity contribution is 1.47. The molecule has 0 bridgehead atoms. The summed E-state index contributed by atoms with van der Waals surface area (Å²) >= 11 is 8.11. The Morgan fingerprint density at radius 1 is 1.38 bits per heavy atom. The van der Waals surface area contributed by atoms with Crippen molar-refractivity contribution in [1.82, 2.24) is 0 Å². The van der Waals surface area contributed by atoms with Crippen LogP contribution in [0.5, 0.6) is 0 Å². The average molecular weight is 318 g/mol. The Balaban J connectivity index is 3.07. The van der Waals surface area contributed by atoms with Gasteiger partial charge in [0.15, 0.2) is 0 Å². The van der Waals surface area contributed by atoms with E-state index in [1.807, 2.05) is 6.07 Å². The minimum absolute atomic E-state index is 0.112. The zero-order chi connectivity index (χ0) is 9.84. The van der Waals surface area contributed by atoms with Gasteiger partial charge in [0.25, 0.3) is 0 Å². The summed E-state index contributed by atoms with van der Waals surface area (Å²) in [5.74, 6) is 0.